The van der Waals surface area contributed by atoms with Crippen LogP contribution in [0.4, 0.5) is 10.5 Å². The Balaban J connectivity index is 2.80. The first-order valence-corrected chi connectivity index (χ1v) is 9.39. The van der Waals surface area contributed by atoms with Gasteiger partial charge in [-0.05, 0) is 39.0 Å². The molecule has 0 unspecified atom stereocenters. The monoisotopic (exact) mass is 382 g/mol. The number of alkyl carbamates (subject to hydrolysis) is 1. The fourth-order valence-electron chi connectivity index (χ4n) is 1.74. The second-order valence-electron chi connectivity index (χ2n) is 5.89. The fourth-order valence-corrected chi connectivity index (χ4v) is 3.17. The zero-order chi connectivity index (χ0) is 17.8. The van der Waals surface area contributed by atoms with Crippen LogP contribution in [0.3, 0.4) is 0 Å². The molecule has 0 aromatic heterocycles. The van der Waals surface area contributed by atoms with E-state index < -0.39 is 21.7 Å². The third-order valence-corrected chi connectivity index (χ3v) is 4.15. The quantitative estimate of drug-likeness (QED) is 0.847. The molecule has 0 saturated carbocycles. The van der Waals surface area contributed by atoms with Crippen molar-refractivity contribution in [3.05, 3.63) is 28.2 Å². The van der Waals surface area contributed by atoms with Gasteiger partial charge in [-0.2, -0.15) is 0 Å². The molecule has 130 valence electrons. The SMILES string of the molecule is CC(C)(C)OC(=O)NCCN(c1cc(Cl)cc(Cl)c1)S(C)(=O)=O. The number of nitrogens with zero attached hydrogens (tertiary/aromatic N) is 1. The molecule has 0 aliphatic carbocycles. The Morgan fingerprint density at radius 2 is 1.74 bits per heavy atom. The number of nitrogens with one attached hydrogen (secondary N) is 1. The van der Waals surface area contributed by atoms with E-state index >= 15 is 0 Å². The third kappa shape index (κ3) is 7.28. The van der Waals surface area contributed by atoms with Gasteiger partial charge in [0.2, 0.25) is 10.0 Å². The van der Waals surface area contributed by atoms with E-state index in [-0.39, 0.29) is 13.1 Å². The summed E-state index contributed by atoms with van der Waals surface area (Å²) < 4.78 is 30.1. The van der Waals surface area contributed by atoms with Gasteiger partial charge in [0.15, 0.2) is 0 Å². The van der Waals surface area contributed by atoms with Gasteiger partial charge in [0.05, 0.1) is 18.5 Å². The molecule has 0 fully saturated rings. The van der Waals surface area contributed by atoms with Gasteiger partial charge in [0.1, 0.15) is 5.60 Å². The Morgan fingerprint density at radius 1 is 1.22 bits per heavy atom. The van der Waals surface area contributed by atoms with Crippen LogP contribution in [0.2, 0.25) is 10.0 Å². The molecule has 1 N–H and O–H groups in total. The van der Waals surface area contributed by atoms with Gasteiger partial charge >= 0.3 is 6.09 Å². The molecular weight excluding hydrogens is 363 g/mol. The minimum atomic E-state index is -3.56. The summed E-state index contributed by atoms with van der Waals surface area (Å²) in [4.78, 5) is 11.6. The standard InChI is InChI=1S/C14H20Cl2N2O4S/c1-14(2,3)22-13(19)17-5-6-18(23(4,20)21)12-8-10(15)7-11(16)9-12/h7-9H,5-6H2,1-4H3,(H,17,19). The van der Waals surface area contributed by atoms with Gasteiger partial charge in [-0.25, -0.2) is 13.2 Å². The Morgan fingerprint density at radius 3 is 2.17 bits per heavy atom. The van der Waals surface area contributed by atoms with Crippen molar-refractivity contribution in [2.75, 3.05) is 23.7 Å². The number of hydrogen-bond acceptors (Lipinski definition) is 4. The number of anilines is 1. The molecular formula is C14H20Cl2N2O4S. The molecule has 1 aromatic rings. The molecule has 6 nitrogen and oxygen atoms in total. The summed E-state index contributed by atoms with van der Waals surface area (Å²) in [5, 5.41) is 3.15. The van der Waals surface area contributed by atoms with E-state index in [1.807, 2.05) is 0 Å². The van der Waals surface area contributed by atoms with E-state index in [4.69, 9.17) is 27.9 Å². The number of hydrogen-bond donors (Lipinski definition) is 1. The van der Waals surface area contributed by atoms with Crippen molar-refractivity contribution in [3.63, 3.8) is 0 Å². The van der Waals surface area contributed by atoms with Crippen molar-refractivity contribution in [3.8, 4) is 0 Å². The topological polar surface area (TPSA) is 75.7 Å². The average molecular weight is 383 g/mol. The number of carbonyl (C=O) groups excluding carboxylic acids is 1. The van der Waals surface area contributed by atoms with Crippen LogP contribution in [0.5, 0.6) is 0 Å². The predicted molar refractivity (Wildman–Crippen MR) is 92.9 cm³/mol. The summed E-state index contributed by atoms with van der Waals surface area (Å²) in [6, 6.07) is 4.48. The molecule has 1 rings (SSSR count). The van der Waals surface area contributed by atoms with Crippen LogP contribution < -0.4 is 9.62 Å². The van der Waals surface area contributed by atoms with Crippen molar-refractivity contribution in [2.45, 2.75) is 26.4 Å². The largest absolute Gasteiger partial charge is 0.444 e. The first-order valence-electron chi connectivity index (χ1n) is 6.79. The van der Waals surface area contributed by atoms with Gasteiger partial charge in [0, 0.05) is 16.6 Å². The highest BCUT2D eigenvalue weighted by molar-refractivity contribution is 7.92. The summed E-state index contributed by atoms with van der Waals surface area (Å²) in [5.41, 5.74) is -0.294. The molecule has 0 aliphatic rings. The molecule has 0 saturated heterocycles. The van der Waals surface area contributed by atoms with Gasteiger partial charge in [-0.1, -0.05) is 23.2 Å². The molecule has 1 amide bonds. The van der Waals surface area contributed by atoms with Crippen LogP contribution in [0.1, 0.15) is 20.8 Å². The molecule has 1 aromatic carbocycles. The number of benzene rings is 1. The van der Waals surface area contributed by atoms with Gasteiger partial charge in [-0.3, -0.25) is 4.31 Å². The summed E-state index contributed by atoms with van der Waals surface area (Å²) in [7, 11) is -3.56. The molecule has 9 heteroatoms. The van der Waals surface area contributed by atoms with Crippen LogP contribution in [0, 0.1) is 0 Å². The van der Waals surface area contributed by atoms with E-state index in [0.29, 0.717) is 15.7 Å². The number of sulfonamides is 1. The Hall–Kier alpha value is -1.18. The maximum Gasteiger partial charge on any atom is 0.407 e. The molecule has 0 heterocycles. The van der Waals surface area contributed by atoms with Crippen LogP contribution >= 0.6 is 23.2 Å². The minimum absolute atomic E-state index is 0.0226. The lowest BCUT2D eigenvalue weighted by Gasteiger charge is -2.24. The summed E-state index contributed by atoms with van der Waals surface area (Å²) in [5.74, 6) is 0. The third-order valence-electron chi connectivity index (χ3n) is 2.52. The Bertz CT molecular complexity index is 652. The molecule has 23 heavy (non-hydrogen) atoms. The molecule has 0 atom stereocenters. The maximum absolute atomic E-state index is 12.0. The lowest BCUT2D eigenvalue weighted by atomic mass is 10.2. The highest BCUT2D eigenvalue weighted by Gasteiger charge is 2.20. The minimum Gasteiger partial charge on any atom is -0.444 e. The molecule has 0 spiro atoms. The van der Waals surface area contributed by atoms with E-state index in [0.717, 1.165) is 10.6 Å². The second kappa shape index (κ2) is 7.59. The highest BCUT2D eigenvalue weighted by atomic mass is 35.5. The van der Waals surface area contributed by atoms with Crippen molar-refractivity contribution >= 4 is 45.0 Å². The maximum atomic E-state index is 12.0. The lowest BCUT2D eigenvalue weighted by Crippen LogP contribution is -2.40. The lowest BCUT2D eigenvalue weighted by molar-refractivity contribution is 0.0529. The number of carbonyl (C=O) groups is 1. The van der Waals surface area contributed by atoms with E-state index in [9.17, 15) is 13.2 Å². The van der Waals surface area contributed by atoms with Crippen LogP contribution in [-0.2, 0) is 14.8 Å². The van der Waals surface area contributed by atoms with Gasteiger partial charge in [-0.15, -0.1) is 0 Å². The number of ether oxygens (including phenoxy) is 1. The van der Waals surface area contributed by atoms with E-state index in [2.05, 4.69) is 5.32 Å². The first kappa shape index (κ1) is 19.9. The zero-order valence-electron chi connectivity index (χ0n) is 13.4. The van der Waals surface area contributed by atoms with Gasteiger partial charge < -0.3 is 10.1 Å². The summed E-state index contributed by atoms with van der Waals surface area (Å²) in [6.07, 6.45) is 0.449. The number of rotatable bonds is 5. The van der Waals surface area contributed by atoms with E-state index in [1.54, 1.807) is 20.8 Å². The van der Waals surface area contributed by atoms with Crippen molar-refractivity contribution in [2.24, 2.45) is 0 Å². The number of amides is 1. The molecule has 0 radical (unpaired) electrons. The van der Waals surface area contributed by atoms with Crippen molar-refractivity contribution in [1.82, 2.24) is 5.32 Å². The Kier molecular flexibility index (Phi) is 6.56. The summed E-state index contributed by atoms with van der Waals surface area (Å²) >= 11 is 11.8. The van der Waals surface area contributed by atoms with Crippen molar-refractivity contribution in [1.29, 1.82) is 0 Å². The van der Waals surface area contributed by atoms with E-state index in [1.165, 1.54) is 18.2 Å². The fraction of sp³-hybridized carbons (Fsp3) is 0.500. The molecule has 0 aliphatic heterocycles. The van der Waals surface area contributed by atoms with Crippen molar-refractivity contribution < 1.29 is 17.9 Å². The van der Waals surface area contributed by atoms with Crippen LogP contribution in [-0.4, -0.2) is 39.5 Å². The van der Waals surface area contributed by atoms with Crippen LogP contribution in [0.25, 0.3) is 0 Å². The normalized spacial score (nSPS) is 11.9. The average Bonchev–Trinajstić information content (AvgIpc) is 2.29. The highest BCUT2D eigenvalue weighted by Crippen LogP contribution is 2.26. The molecule has 0 bridgehead atoms. The van der Waals surface area contributed by atoms with Crippen LogP contribution in [0.15, 0.2) is 18.2 Å². The number of halogens is 2. The Labute approximate surface area is 146 Å². The zero-order valence-corrected chi connectivity index (χ0v) is 15.7. The first-order chi connectivity index (χ1) is 10.4. The van der Waals surface area contributed by atoms with Gasteiger partial charge in [0.25, 0.3) is 0 Å². The second-order valence-corrected chi connectivity index (χ2v) is 8.67. The predicted octanol–water partition coefficient (Wildman–Crippen LogP) is 3.28. The summed E-state index contributed by atoms with van der Waals surface area (Å²) in [6.45, 7) is 5.32. The smallest absolute Gasteiger partial charge is 0.407 e.